The Bertz CT molecular complexity index is 700. The number of carbonyl (C=O) groups is 1. The summed E-state index contributed by atoms with van der Waals surface area (Å²) >= 11 is 1.43. The van der Waals surface area contributed by atoms with E-state index < -0.39 is 5.95 Å². The first kappa shape index (κ1) is 17.9. The van der Waals surface area contributed by atoms with Gasteiger partial charge in [0.05, 0.1) is 5.56 Å². The predicted octanol–water partition coefficient (Wildman–Crippen LogP) is 4.88. The maximum atomic E-state index is 13.1. The number of fused-ring (bicyclic) bond motifs is 1. The fraction of sp³-hybridized carbons (Fsp3) is 0.450. The van der Waals surface area contributed by atoms with E-state index in [1.165, 1.54) is 43.1 Å². The first-order valence-corrected chi connectivity index (χ1v) is 9.83. The number of nitrogens with zero attached hydrogens (tertiary/aromatic N) is 1. The van der Waals surface area contributed by atoms with Crippen molar-refractivity contribution < 1.29 is 9.18 Å². The van der Waals surface area contributed by atoms with E-state index in [2.05, 4.69) is 11.5 Å². The van der Waals surface area contributed by atoms with Gasteiger partial charge in [-0.2, -0.15) is 4.39 Å². The van der Waals surface area contributed by atoms with E-state index in [-0.39, 0.29) is 5.91 Å². The molecule has 2 atom stereocenters. The van der Waals surface area contributed by atoms with Gasteiger partial charge in [0.15, 0.2) is 5.95 Å². The zero-order valence-electron chi connectivity index (χ0n) is 14.4. The lowest BCUT2D eigenvalue weighted by molar-refractivity contribution is 0.0391. The number of hydrogen-bond donors (Lipinski definition) is 1. The van der Waals surface area contributed by atoms with Crippen LogP contribution in [0, 0.1) is 5.92 Å². The maximum absolute atomic E-state index is 13.1. The standard InChI is InChI=1S/C20H25FN2OS/c1-2-6-15(12-19(21)22)18-11-16(13-25-18)20(24)23-10-5-8-14-7-3-4-9-17(14)23/h2,6,11-14,17H,1,3-5,7-10,22H2/b15-6+,19-12-. The molecule has 0 radical (unpaired) electrons. The average Bonchev–Trinajstić information content (AvgIpc) is 3.10. The number of piperidine rings is 1. The Morgan fingerprint density at radius 3 is 2.84 bits per heavy atom. The summed E-state index contributed by atoms with van der Waals surface area (Å²) in [5.74, 6) is 0.0137. The van der Waals surface area contributed by atoms with Crippen molar-refractivity contribution >= 4 is 22.8 Å². The molecule has 2 aliphatic rings. The smallest absolute Gasteiger partial charge is 0.254 e. The quantitative estimate of drug-likeness (QED) is 0.614. The largest absolute Gasteiger partial charge is 0.376 e. The molecule has 1 amide bonds. The van der Waals surface area contributed by atoms with Crippen LogP contribution in [-0.4, -0.2) is 23.4 Å². The third-order valence-electron chi connectivity index (χ3n) is 5.23. The number of thiophene rings is 1. The fourth-order valence-electron chi connectivity index (χ4n) is 4.12. The van der Waals surface area contributed by atoms with Crippen molar-refractivity contribution in [1.82, 2.24) is 4.90 Å². The van der Waals surface area contributed by atoms with Crippen LogP contribution in [0.4, 0.5) is 4.39 Å². The summed E-state index contributed by atoms with van der Waals surface area (Å²) in [6.07, 6.45) is 11.8. The van der Waals surface area contributed by atoms with Crippen LogP contribution in [0.5, 0.6) is 0 Å². The van der Waals surface area contributed by atoms with Crippen molar-refractivity contribution in [3.05, 3.63) is 52.6 Å². The molecule has 25 heavy (non-hydrogen) atoms. The highest BCUT2D eigenvalue weighted by Gasteiger charge is 2.36. The number of likely N-dealkylation sites (tertiary alicyclic amines) is 1. The van der Waals surface area contributed by atoms with E-state index >= 15 is 0 Å². The molecule has 0 bridgehead atoms. The van der Waals surface area contributed by atoms with Crippen LogP contribution in [0.15, 0.2) is 42.2 Å². The Morgan fingerprint density at radius 1 is 1.32 bits per heavy atom. The SMILES string of the molecule is C=C/C=C(\C=C(/N)F)c1cc(C(=O)N2CCCC3CCCCC32)cs1. The van der Waals surface area contributed by atoms with Crippen LogP contribution >= 0.6 is 11.3 Å². The van der Waals surface area contributed by atoms with Gasteiger partial charge in [-0.25, -0.2) is 0 Å². The van der Waals surface area contributed by atoms with Gasteiger partial charge in [0.25, 0.3) is 5.91 Å². The van der Waals surface area contributed by atoms with Gasteiger partial charge in [0.1, 0.15) is 0 Å². The average molecular weight is 360 g/mol. The van der Waals surface area contributed by atoms with Crippen LogP contribution in [0.2, 0.25) is 0 Å². The molecule has 2 fully saturated rings. The van der Waals surface area contributed by atoms with Crippen molar-refractivity contribution in [2.45, 2.75) is 44.6 Å². The summed E-state index contributed by atoms with van der Waals surface area (Å²) in [6.45, 7) is 4.50. The van der Waals surface area contributed by atoms with Gasteiger partial charge >= 0.3 is 0 Å². The van der Waals surface area contributed by atoms with Crippen molar-refractivity contribution in [2.75, 3.05) is 6.54 Å². The molecule has 134 valence electrons. The van der Waals surface area contributed by atoms with Gasteiger partial charge in [-0.3, -0.25) is 4.79 Å². The minimum absolute atomic E-state index is 0.106. The summed E-state index contributed by atoms with van der Waals surface area (Å²) in [6, 6.07) is 2.23. The predicted molar refractivity (Wildman–Crippen MR) is 102 cm³/mol. The van der Waals surface area contributed by atoms with Crippen molar-refractivity contribution in [3.63, 3.8) is 0 Å². The zero-order valence-corrected chi connectivity index (χ0v) is 15.2. The van der Waals surface area contributed by atoms with Crippen LogP contribution in [0.25, 0.3) is 5.57 Å². The molecule has 3 nitrogen and oxygen atoms in total. The van der Waals surface area contributed by atoms with Gasteiger partial charge in [0.2, 0.25) is 0 Å². The van der Waals surface area contributed by atoms with Gasteiger partial charge in [0, 0.05) is 22.8 Å². The Hall–Kier alpha value is -1.88. The summed E-state index contributed by atoms with van der Waals surface area (Å²) in [5, 5.41) is 1.86. The normalized spacial score (nSPS) is 24.8. The lowest BCUT2D eigenvalue weighted by Gasteiger charge is -2.44. The minimum atomic E-state index is -0.754. The molecule has 0 aromatic carbocycles. The topological polar surface area (TPSA) is 46.3 Å². The molecular weight excluding hydrogens is 335 g/mol. The van der Waals surface area contributed by atoms with Gasteiger partial charge in [-0.1, -0.05) is 31.6 Å². The Balaban J connectivity index is 1.81. The summed E-state index contributed by atoms with van der Waals surface area (Å²) in [4.78, 5) is 15.9. The molecule has 2 N–H and O–H groups in total. The molecule has 1 aromatic rings. The number of carbonyl (C=O) groups excluding carboxylic acids is 1. The number of amides is 1. The summed E-state index contributed by atoms with van der Waals surface area (Å²) in [5.41, 5.74) is 6.49. The number of halogens is 1. The fourth-order valence-corrected chi connectivity index (χ4v) is 5.00. The maximum Gasteiger partial charge on any atom is 0.254 e. The first-order chi connectivity index (χ1) is 12.1. The molecule has 0 spiro atoms. The number of allylic oxidation sites excluding steroid dienone is 4. The van der Waals surface area contributed by atoms with Gasteiger partial charge in [-0.15, -0.1) is 11.3 Å². The van der Waals surface area contributed by atoms with E-state index in [9.17, 15) is 9.18 Å². The van der Waals surface area contributed by atoms with Crippen LogP contribution < -0.4 is 5.73 Å². The summed E-state index contributed by atoms with van der Waals surface area (Å²) < 4.78 is 13.1. The molecule has 3 rings (SSSR count). The summed E-state index contributed by atoms with van der Waals surface area (Å²) in [7, 11) is 0. The molecule has 5 heteroatoms. The second-order valence-corrected chi connectivity index (χ2v) is 7.75. The van der Waals surface area contributed by atoms with E-state index in [1.54, 1.807) is 12.2 Å². The van der Waals surface area contributed by atoms with Gasteiger partial charge < -0.3 is 10.6 Å². The van der Waals surface area contributed by atoms with Crippen molar-refractivity contribution in [3.8, 4) is 0 Å². The van der Waals surface area contributed by atoms with Crippen molar-refractivity contribution in [2.24, 2.45) is 11.7 Å². The van der Waals surface area contributed by atoms with E-state index in [4.69, 9.17) is 5.73 Å². The molecular formula is C20H25FN2OS. The highest BCUT2D eigenvalue weighted by atomic mass is 32.1. The van der Waals surface area contributed by atoms with Crippen LogP contribution in [-0.2, 0) is 0 Å². The minimum Gasteiger partial charge on any atom is -0.376 e. The number of rotatable bonds is 4. The molecule has 1 aliphatic heterocycles. The molecule has 1 aliphatic carbocycles. The molecule has 2 heterocycles. The van der Waals surface area contributed by atoms with E-state index in [0.29, 0.717) is 23.1 Å². The Labute approximate surface area is 152 Å². The Morgan fingerprint density at radius 2 is 2.08 bits per heavy atom. The lowest BCUT2D eigenvalue weighted by atomic mass is 9.78. The first-order valence-electron chi connectivity index (χ1n) is 8.95. The zero-order chi connectivity index (χ0) is 17.8. The monoisotopic (exact) mass is 360 g/mol. The second kappa shape index (κ2) is 8.00. The third-order valence-corrected chi connectivity index (χ3v) is 6.21. The highest BCUT2D eigenvalue weighted by molar-refractivity contribution is 7.11. The van der Waals surface area contributed by atoms with E-state index in [0.717, 1.165) is 24.3 Å². The molecule has 2 unspecified atom stereocenters. The van der Waals surface area contributed by atoms with Crippen LogP contribution in [0.1, 0.15) is 53.8 Å². The molecule has 1 saturated carbocycles. The number of nitrogens with two attached hydrogens (primary N) is 1. The Kier molecular flexibility index (Phi) is 5.74. The number of hydrogen-bond acceptors (Lipinski definition) is 3. The molecule has 1 saturated heterocycles. The second-order valence-electron chi connectivity index (χ2n) is 6.84. The van der Waals surface area contributed by atoms with Gasteiger partial charge in [-0.05, 0) is 49.3 Å². The van der Waals surface area contributed by atoms with Crippen molar-refractivity contribution in [1.29, 1.82) is 0 Å². The highest BCUT2D eigenvalue weighted by Crippen LogP contribution is 2.36. The lowest BCUT2D eigenvalue weighted by Crippen LogP contribution is -2.49. The van der Waals surface area contributed by atoms with E-state index in [1.807, 2.05) is 11.4 Å². The van der Waals surface area contributed by atoms with Crippen LogP contribution in [0.3, 0.4) is 0 Å². The third kappa shape index (κ3) is 4.03. The molecule has 1 aromatic heterocycles.